The van der Waals surface area contributed by atoms with Crippen molar-refractivity contribution in [3.05, 3.63) is 76.5 Å². The van der Waals surface area contributed by atoms with Gasteiger partial charge in [0.05, 0.1) is 11.0 Å². The van der Waals surface area contributed by atoms with E-state index < -0.39 is 0 Å². The van der Waals surface area contributed by atoms with E-state index >= 15 is 0 Å². The third-order valence-corrected chi connectivity index (χ3v) is 6.58. The number of fused-ring (bicyclic) bond motifs is 3. The molecule has 2 fully saturated rings. The van der Waals surface area contributed by atoms with Crippen molar-refractivity contribution in [2.24, 2.45) is 0 Å². The van der Waals surface area contributed by atoms with Crippen LogP contribution in [0.4, 0.5) is 5.69 Å². The second-order valence-electron chi connectivity index (χ2n) is 8.99. The van der Waals surface area contributed by atoms with E-state index in [0.29, 0.717) is 6.04 Å². The summed E-state index contributed by atoms with van der Waals surface area (Å²) in [6, 6.07) is 14.1. The largest absolute Gasteiger partial charge is 0.369 e. The smallest absolute Gasteiger partial charge is 0.330 e. The van der Waals surface area contributed by atoms with Crippen molar-refractivity contribution in [2.45, 2.75) is 25.4 Å². The van der Waals surface area contributed by atoms with Gasteiger partial charge >= 0.3 is 5.69 Å². The number of hydrogen-bond donors (Lipinski definition) is 2. The molecule has 0 spiro atoms. The Kier molecular flexibility index (Phi) is 4.87. The van der Waals surface area contributed by atoms with Gasteiger partial charge in [-0.1, -0.05) is 0 Å². The summed E-state index contributed by atoms with van der Waals surface area (Å²) in [6.45, 7) is 4.53. The first kappa shape index (κ1) is 20.0. The van der Waals surface area contributed by atoms with Crippen molar-refractivity contribution in [2.75, 3.05) is 31.1 Å². The van der Waals surface area contributed by atoms with Gasteiger partial charge in [-0.2, -0.15) is 0 Å². The molecule has 4 aromatic rings. The van der Waals surface area contributed by atoms with Crippen molar-refractivity contribution in [1.82, 2.24) is 24.6 Å². The summed E-state index contributed by atoms with van der Waals surface area (Å²) in [5, 5.41) is 3.03. The van der Waals surface area contributed by atoms with Crippen LogP contribution in [-0.2, 0) is 6.54 Å². The molecule has 2 N–H and O–H groups in total. The van der Waals surface area contributed by atoms with Crippen molar-refractivity contribution >= 4 is 28.1 Å². The van der Waals surface area contributed by atoms with Crippen molar-refractivity contribution in [3.8, 4) is 0 Å². The number of benzene rings is 1. The molecule has 0 bridgehead atoms. The van der Waals surface area contributed by atoms with Gasteiger partial charge in [-0.05, 0) is 60.9 Å². The van der Waals surface area contributed by atoms with E-state index in [1.165, 1.54) is 0 Å². The van der Waals surface area contributed by atoms with Gasteiger partial charge in [-0.25, -0.2) is 4.79 Å². The van der Waals surface area contributed by atoms with Gasteiger partial charge < -0.3 is 15.2 Å². The molecule has 1 amide bonds. The summed E-state index contributed by atoms with van der Waals surface area (Å²) in [7, 11) is 0. The molecule has 1 saturated carbocycles. The third-order valence-electron chi connectivity index (χ3n) is 6.58. The highest BCUT2D eigenvalue weighted by molar-refractivity contribution is 5.95. The Balaban J connectivity index is 1.10. The lowest BCUT2D eigenvalue weighted by molar-refractivity contribution is 0.0951. The lowest BCUT2D eigenvalue weighted by Crippen LogP contribution is -2.46. The summed E-state index contributed by atoms with van der Waals surface area (Å²) in [5.41, 5.74) is 5.22. The molecule has 8 heteroatoms. The number of aromatic nitrogens is 3. The van der Waals surface area contributed by atoms with E-state index in [1.807, 2.05) is 48.7 Å². The van der Waals surface area contributed by atoms with Gasteiger partial charge in [0, 0.05) is 62.4 Å². The number of aromatic amines is 1. The molecule has 6 rings (SSSR count). The molecule has 1 aromatic carbocycles. The molecule has 2 aliphatic rings. The fourth-order valence-electron chi connectivity index (χ4n) is 4.56. The topological polar surface area (TPSA) is 85.7 Å². The summed E-state index contributed by atoms with van der Waals surface area (Å²) >= 11 is 0. The number of hydrogen-bond acceptors (Lipinski definition) is 5. The molecule has 0 radical (unpaired) electrons. The molecule has 168 valence electrons. The van der Waals surface area contributed by atoms with Crippen LogP contribution in [0.5, 0.6) is 0 Å². The van der Waals surface area contributed by atoms with Gasteiger partial charge in [-0.3, -0.25) is 19.1 Å². The Bertz CT molecular complexity index is 1380. The average Bonchev–Trinajstić information content (AvgIpc) is 3.50. The highest BCUT2D eigenvalue weighted by Crippen LogP contribution is 2.22. The Morgan fingerprint density at radius 1 is 1.09 bits per heavy atom. The van der Waals surface area contributed by atoms with Crippen molar-refractivity contribution in [3.63, 3.8) is 0 Å². The van der Waals surface area contributed by atoms with Crippen molar-refractivity contribution < 1.29 is 4.79 Å². The number of anilines is 1. The third kappa shape index (κ3) is 3.98. The Morgan fingerprint density at radius 2 is 1.88 bits per heavy atom. The van der Waals surface area contributed by atoms with Gasteiger partial charge in [0.25, 0.3) is 5.91 Å². The average molecular weight is 443 g/mol. The molecule has 0 unspecified atom stereocenters. The van der Waals surface area contributed by atoms with Crippen LogP contribution < -0.4 is 15.9 Å². The first-order valence-electron chi connectivity index (χ1n) is 11.5. The predicted octanol–water partition coefficient (Wildman–Crippen LogP) is 2.39. The minimum absolute atomic E-state index is 0.0249. The molecule has 4 heterocycles. The number of carbonyl (C=O) groups is 1. The van der Waals surface area contributed by atoms with Crippen LogP contribution in [0.15, 0.2) is 59.7 Å². The highest BCUT2D eigenvalue weighted by atomic mass is 16.2. The molecule has 1 saturated heterocycles. The monoisotopic (exact) mass is 442 g/mol. The molecular formula is C25H26N6O2. The number of nitrogens with one attached hydrogen (secondary N) is 2. The van der Waals surface area contributed by atoms with Gasteiger partial charge in [0.15, 0.2) is 0 Å². The highest BCUT2D eigenvalue weighted by Gasteiger charge is 2.24. The molecular weight excluding hydrogens is 416 g/mol. The minimum Gasteiger partial charge on any atom is -0.369 e. The van der Waals surface area contributed by atoms with Crippen LogP contribution in [0.1, 0.15) is 28.8 Å². The summed E-state index contributed by atoms with van der Waals surface area (Å²) in [6.07, 6.45) is 5.85. The lowest BCUT2D eigenvalue weighted by Gasteiger charge is -2.36. The standard InChI is InChI=1S/C25H26N6O2/c32-24(27-19-5-6-19)18-3-7-20(8-4-18)30-12-10-29(11-13-30)16-17-14-21-23(26-15-17)22-2-1-9-31(22)25(33)28-21/h1-4,7-9,14-15,19H,5-6,10-13,16H2,(H,27,32)(H,28,33). The fourth-order valence-corrected chi connectivity index (χ4v) is 4.56. The Hall–Kier alpha value is -3.65. The summed E-state index contributed by atoms with van der Waals surface area (Å²) in [4.78, 5) is 36.8. The van der Waals surface area contributed by atoms with E-state index in [9.17, 15) is 9.59 Å². The zero-order valence-electron chi connectivity index (χ0n) is 18.3. The molecule has 1 aliphatic heterocycles. The number of pyridine rings is 1. The number of piperazine rings is 1. The van der Waals surface area contributed by atoms with Gasteiger partial charge in [0.2, 0.25) is 0 Å². The van der Waals surface area contributed by atoms with Crippen LogP contribution in [0.2, 0.25) is 0 Å². The zero-order valence-corrected chi connectivity index (χ0v) is 18.3. The predicted molar refractivity (Wildman–Crippen MR) is 128 cm³/mol. The Labute approximate surface area is 190 Å². The number of rotatable bonds is 5. The van der Waals surface area contributed by atoms with Gasteiger partial charge in [-0.15, -0.1) is 0 Å². The first-order valence-corrected chi connectivity index (χ1v) is 11.5. The number of amides is 1. The quantitative estimate of drug-likeness (QED) is 0.496. The molecule has 33 heavy (non-hydrogen) atoms. The number of nitrogens with zero attached hydrogens (tertiary/aromatic N) is 4. The maximum atomic E-state index is 12.3. The zero-order chi connectivity index (χ0) is 22.4. The van der Waals surface area contributed by atoms with Crippen LogP contribution in [0, 0.1) is 0 Å². The van der Waals surface area contributed by atoms with Crippen LogP contribution >= 0.6 is 0 Å². The van der Waals surface area contributed by atoms with E-state index in [1.54, 1.807) is 10.6 Å². The molecule has 8 nitrogen and oxygen atoms in total. The van der Waals surface area contributed by atoms with Gasteiger partial charge in [0.1, 0.15) is 5.52 Å². The minimum atomic E-state index is -0.147. The van der Waals surface area contributed by atoms with Crippen LogP contribution in [0.3, 0.4) is 0 Å². The van der Waals surface area contributed by atoms with E-state index in [2.05, 4.69) is 25.1 Å². The van der Waals surface area contributed by atoms with E-state index in [4.69, 9.17) is 0 Å². The van der Waals surface area contributed by atoms with E-state index in [0.717, 1.165) is 78.9 Å². The lowest BCUT2D eigenvalue weighted by atomic mass is 10.1. The normalized spacial score (nSPS) is 17.0. The van der Waals surface area contributed by atoms with E-state index in [-0.39, 0.29) is 11.6 Å². The van der Waals surface area contributed by atoms with Crippen LogP contribution in [-0.4, -0.2) is 57.4 Å². The summed E-state index contributed by atoms with van der Waals surface area (Å²) in [5.74, 6) is 0.0249. The number of H-pyrrole nitrogens is 1. The second-order valence-corrected chi connectivity index (χ2v) is 8.99. The number of carbonyl (C=O) groups excluding carboxylic acids is 1. The molecule has 0 atom stereocenters. The SMILES string of the molecule is O=C(NC1CC1)c1ccc(N2CCN(Cc3cnc4c(c3)[nH]c(=O)n3cccc43)CC2)cc1. The fraction of sp³-hybridized carbons (Fsp3) is 0.320. The Morgan fingerprint density at radius 3 is 2.64 bits per heavy atom. The van der Waals surface area contributed by atoms with Crippen molar-refractivity contribution in [1.29, 1.82) is 0 Å². The first-order chi connectivity index (χ1) is 16.1. The second kappa shape index (κ2) is 8.04. The maximum absolute atomic E-state index is 12.3. The molecule has 1 aliphatic carbocycles. The maximum Gasteiger partial charge on any atom is 0.330 e. The molecule has 3 aromatic heterocycles. The van der Waals surface area contributed by atoms with Crippen LogP contribution in [0.25, 0.3) is 16.6 Å². The summed E-state index contributed by atoms with van der Waals surface area (Å²) < 4.78 is 1.58.